The van der Waals surface area contributed by atoms with Crippen LogP contribution in [-0.2, 0) is 6.42 Å². The molecule has 2 unspecified atom stereocenters. The van der Waals surface area contributed by atoms with Gasteiger partial charge in [0.05, 0.1) is 6.10 Å². The number of allylic oxidation sites excluding steroid dienone is 2. The van der Waals surface area contributed by atoms with Gasteiger partial charge in [-0.05, 0) is 74.8 Å². The molecule has 2 heterocycles. The fraction of sp³-hybridized carbons (Fsp3) is 0.583. The van der Waals surface area contributed by atoms with Crippen molar-refractivity contribution in [2.75, 3.05) is 19.6 Å². The van der Waals surface area contributed by atoms with Gasteiger partial charge in [-0.15, -0.1) is 0 Å². The molecule has 3 heteroatoms. The molecule has 2 atom stereocenters. The molecule has 27 heavy (non-hydrogen) atoms. The third-order valence-electron chi connectivity index (χ3n) is 6.62. The molecule has 0 bridgehead atoms. The number of aliphatic hydroxyl groups is 1. The first-order chi connectivity index (χ1) is 13.3. The molecule has 0 radical (unpaired) electrons. The summed E-state index contributed by atoms with van der Waals surface area (Å²) in [5.41, 5.74) is 2.72. The largest absolute Gasteiger partial charge is 0.393 e. The zero-order valence-corrected chi connectivity index (χ0v) is 16.4. The molecule has 1 aromatic heterocycles. The first-order valence-corrected chi connectivity index (χ1v) is 10.9. The van der Waals surface area contributed by atoms with Crippen molar-refractivity contribution in [2.45, 2.75) is 57.5 Å². The lowest BCUT2D eigenvalue weighted by molar-refractivity contribution is 0.0732. The quantitative estimate of drug-likeness (QED) is 0.683. The van der Waals surface area contributed by atoms with Gasteiger partial charge in [0.25, 0.3) is 0 Å². The van der Waals surface area contributed by atoms with Gasteiger partial charge in [-0.25, -0.2) is 0 Å². The average molecular weight is 367 g/mol. The van der Waals surface area contributed by atoms with Crippen LogP contribution in [0.4, 0.5) is 0 Å². The number of fused-ring (bicyclic) bond motifs is 1. The number of aromatic amines is 1. The Labute approximate surface area is 163 Å². The van der Waals surface area contributed by atoms with Gasteiger partial charge in [-0.1, -0.05) is 30.4 Å². The number of hydrogen-bond donors (Lipinski definition) is 2. The van der Waals surface area contributed by atoms with E-state index < -0.39 is 0 Å². The number of rotatable bonds is 7. The van der Waals surface area contributed by atoms with Crippen molar-refractivity contribution in [3.8, 4) is 0 Å². The Balaban J connectivity index is 1.42. The standard InChI is InChI=1S/C24H34N2O/c27-22-12-14-26(15-13-22)18-20(11-10-19-6-2-1-3-7-19)16-21-17-25-24-9-5-4-8-23(21)24/h1-2,4-5,8-9,17,19-20,22,25,27H,3,6-7,10-16,18H2. The fourth-order valence-corrected chi connectivity index (χ4v) is 4.93. The van der Waals surface area contributed by atoms with Gasteiger partial charge < -0.3 is 15.0 Å². The maximum absolute atomic E-state index is 9.82. The topological polar surface area (TPSA) is 39.3 Å². The molecule has 4 rings (SSSR count). The molecule has 2 aromatic rings. The number of hydrogen-bond acceptors (Lipinski definition) is 2. The summed E-state index contributed by atoms with van der Waals surface area (Å²) in [6, 6.07) is 8.68. The van der Waals surface area contributed by atoms with Crippen molar-refractivity contribution in [2.24, 2.45) is 11.8 Å². The second kappa shape index (κ2) is 9.07. The molecule has 0 spiro atoms. The lowest BCUT2D eigenvalue weighted by atomic mass is 9.85. The van der Waals surface area contributed by atoms with Crippen LogP contribution in [0.1, 0.15) is 50.5 Å². The number of piperidine rings is 1. The number of nitrogens with zero attached hydrogens (tertiary/aromatic N) is 1. The minimum absolute atomic E-state index is 0.0812. The number of para-hydroxylation sites is 1. The van der Waals surface area contributed by atoms with E-state index in [4.69, 9.17) is 0 Å². The van der Waals surface area contributed by atoms with Crippen LogP contribution in [0.3, 0.4) is 0 Å². The van der Waals surface area contributed by atoms with Crippen LogP contribution in [0, 0.1) is 11.8 Å². The Kier molecular flexibility index (Phi) is 6.31. The molecule has 0 amide bonds. The van der Waals surface area contributed by atoms with Crippen LogP contribution < -0.4 is 0 Å². The monoisotopic (exact) mass is 366 g/mol. The van der Waals surface area contributed by atoms with E-state index in [9.17, 15) is 5.11 Å². The van der Waals surface area contributed by atoms with Crippen molar-refractivity contribution < 1.29 is 5.11 Å². The maximum atomic E-state index is 9.82. The minimum atomic E-state index is -0.0812. The molecule has 0 saturated carbocycles. The van der Waals surface area contributed by atoms with E-state index in [2.05, 4.69) is 52.5 Å². The molecule has 2 aliphatic rings. The molecule has 1 saturated heterocycles. The number of H-pyrrole nitrogens is 1. The lowest BCUT2D eigenvalue weighted by Crippen LogP contribution is -2.39. The van der Waals surface area contributed by atoms with Gasteiger partial charge in [0, 0.05) is 36.7 Å². The maximum Gasteiger partial charge on any atom is 0.0564 e. The summed E-state index contributed by atoms with van der Waals surface area (Å²) >= 11 is 0. The molecular formula is C24H34N2O. The Morgan fingerprint density at radius 2 is 1.96 bits per heavy atom. The van der Waals surface area contributed by atoms with Gasteiger partial charge in [0.15, 0.2) is 0 Å². The highest BCUT2D eigenvalue weighted by molar-refractivity contribution is 5.83. The van der Waals surface area contributed by atoms with Crippen molar-refractivity contribution in [1.82, 2.24) is 9.88 Å². The minimum Gasteiger partial charge on any atom is -0.393 e. The van der Waals surface area contributed by atoms with E-state index in [1.807, 2.05) is 0 Å². The summed E-state index contributed by atoms with van der Waals surface area (Å²) in [7, 11) is 0. The van der Waals surface area contributed by atoms with Crippen LogP contribution in [0.25, 0.3) is 10.9 Å². The average Bonchev–Trinajstić information content (AvgIpc) is 3.12. The molecule has 1 aliphatic carbocycles. The van der Waals surface area contributed by atoms with Crippen LogP contribution in [0.2, 0.25) is 0 Å². The van der Waals surface area contributed by atoms with E-state index in [-0.39, 0.29) is 6.10 Å². The molecule has 146 valence electrons. The van der Waals surface area contributed by atoms with E-state index in [0.29, 0.717) is 5.92 Å². The highest BCUT2D eigenvalue weighted by Gasteiger charge is 2.22. The van der Waals surface area contributed by atoms with Crippen molar-refractivity contribution in [1.29, 1.82) is 0 Å². The van der Waals surface area contributed by atoms with Gasteiger partial charge in [-0.2, -0.15) is 0 Å². The highest BCUT2D eigenvalue weighted by Crippen LogP contribution is 2.29. The summed E-state index contributed by atoms with van der Waals surface area (Å²) < 4.78 is 0. The summed E-state index contributed by atoms with van der Waals surface area (Å²) in [6.07, 6.45) is 16.5. The van der Waals surface area contributed by atoms with E-state index in [1.54, 1.807) is 0 Å². The highest BCUT2D eigenvalue weighted by atomic mass is 16.3. The lowest BCUT2D eigenvalue weighted by Gasteiger charge is -2.33. The Hall–Kier alpha value is -1.58. The zero-order chi connectivity index (χ0) is 18.5. The summed E-state index contributed by atoms with van der Waals surface area (Å²) in [5, 5.41) is 11.2. The van der Waals surface area contributed by atoms with E-state index in [0.717, 1.165) is 38.3 Å². The zero-order valence-electron chi connectivity index (χ0n) is 16.4. The third-order valence-corrected chi connectivity index (χ3v) is 6.62. The van der Waals surface area contributed by atoms with E-state index >= 15 is 0 Å². The van der Waals surface area contributed by atoms with Crippen molar-refractivity contribution in [3.05, 3.63) is 48.2 Å². The van der Waals surface area contributed by atoms with Crippen LogP contribution >= 0.6 is 0 Å². The van der Waals surface area contributed by atoms with Crippen molar-refractivity contribution in [3.63, 3.8) is 0 Å². The molecule has 3 nitrogen and oxygen atoms in total. The van der Waals surface area contributed by atoms with Gasteiger partial charge in [-0.3, -0.25) is 0 Å². The number of aliphatic hydroxyl groups excluding tert-OH is 1. The molecule has 1 aromatic carbocycles. The SMILES string of the molecule is OC1CCN(CC(CCC2CC=CCC2)Cc2c[nH]c3ccccc23)CC1. The number of likely N-dealkylation sites (tertiary alicyclic amines) is 1. The summed E-state index contributed by atoms with van der Waals surface area (Å²) in [4.78, 5) is 6.04. The van der Waals surface area contributed by atoms with E-state index in [1.165, 1.54) is 55.1 Å². The Bertz CT molecular complexity index is 742. The fourth-order valence-electron chi connectivity index (χ4n) is 4.93. The summed E-state index contributed by atoms with van der Waals surface area (Å²) in [5.74, 6) is 1.58. The van der Waals surface area contributed by atoms with Gasteiger partial charge >= 0.3 is 0 Å². The number of aromatic nitrogens is 1. The van der Waals surface area contributed by atoms with Gasteiger partial charge in [0.1, 0.15) is 0 Å². The normalized spacial score (nSPS) is 23.1. The Morgan fingerprint density at radius 3 is 2.78 bits per heavy atom. The second-order valence-corrected chi connectivity index (χ2v) is 8.69. The van der Waals surface area contributed by atoms with Crippen LogP contribution in [0.15, 0.2) is 42.6 Å². The number of nitrogens with one attached hydrogen (secondary N) is 1. The molecule has 1 aliphatic heterocycles. The van der Waals surface area contributed by atoms with Crippen LogP contribution in [0.5, 0.6) is 0 Å². The first-order valence-electron chi connectivity index (χ1n) is 10.9. The first kappa shape index (κ1) is 18.8. The summed E-state index contributed by atoms with van der Waals surface area (Å²) in [6.45, 7) is 3.28. The van der Waals surface area contributed by atoms with Crippen LogP contribution in [-0.4, -0.2) is 40.7 Å². The molecular weight excluding hydrogens is 332 g/mol. The predicted octanol–water partition coefficient (Wildman–Crippen LogP) is 4.92. The molecule has 1 fully saturated rings. The Morgan fingerprint density at radius 1 is 1.11 bits per heavy atom. The molecule has 2 N–H and O–H groups in total. The smallest absolute Gasteiger partial charge is 0.0564 e. The third kappa shape index (κ3) is 5.03. The number of benzene rings is 1. The van der Waals surface area contributed by atoms with Gasteiger partial charge in [0.2, 0.25) is 0 Å². The van der Waals surface area contributed by atoms with Crippen molar-refractivity contribution >= 4 is 10.9 Å². The second-order valence-electron chi connectivity index (χ2n) is 8.69. The predicted molar refractivity (Wildman–Crippen MR) is 113 cm³/mol.